The molecule has 0 radical (unpaired) electrons. The molecule has 2 atom stereocenters. The molecule has 30 heavy (non-hydrogen) atoms. The highest BCUT2D eigenvalue weighted by Crippen LogP contribution is 2.41. The summed E-state index contributed by atoms with van der Waals surface area (Å²) in [5.41, 5.74) is 0.729. The van der Waals surface area contributed by atoms with E-state index < -0.39 is 15.1 Å². The molecule has 0 unspecified atom stereocenters. The van der Waals surface area contributed by atoms with Gasteiger partial charge in [-0.3, -0.25) is 4.79 Å². The highest BCUT2D eigenvalue weighted by Gasteiger charge is 2.47. The minimum absolute atomic E-state index is 0.00790. The quantitative estimate of drug-likeness (QED) is 0.616. The molecule has 0 N–H and O–H groups in total. The van der Waals surface area contributed by atoms with Crippen LogP contribution in [-0.4, -0.2) is 46.1 Å². The van der Waals surface area contributed by atoms with Crippen LogP contribution >= 0.6 is 11.3 Å². The van der Waals surface area contributed by atoms with Crippen molar-refractivity contribution in [3.63, 3.8) is 0 Å². The molecule has 2 aromatic heterocycles. The van der Waals surface area contributed by atoms with Gasteiger partial charge in [-0.25, -0.2) is 13.4 Å². The summed E-state index contributed by atoms with van der Waals surface area (Å²) in [4.78, 5) is 21.0. The van der Waals surface area contributed by atoms with Crippen LogP contribution in [0, 0.1) is 6.92 Å². The van der Waals surface area contributed by atoms with Crippen LogP contribution in [0.5, 0.6) is 0 Å². The Morgan fingerprint density at radius 1 is 1.03 bits per heavy atom. The second-order valence-electron chi connectivity index (χ2n) is 8.05. The lowest BCUT2D eigenvalue weighted by Gasteiger charge is -2.38. The number of aryl methyl sites for hydroxylation is 1. The van der Waals surface area contributed by atoms with E-state index in [4.69, 9.17) is 0 Å². The Hall–Kier alpha value is -2.45. The van der Waals surface area contributed by atoms with Crippen molar-refractivity contribution in [1.82, 2.24) is 14.5 Å². The van der Waals surface area contributed by atoms with Crippen LogP contribution in [0.2, 0.25) is 0 Å². The SMILES string of the molecule is Cc1nc(-n2cccc2)sc1C(=O)N1[C@@H]2CC[C@@H]1CC(S(=O)(=O)c1ccccc1)C2. The highest BCUT2D eigenvalue weighted by molar-refractivity contribution is 7.92. The van der Waals surface area contributed by atoms with Crippen molar-refractivity contribution >= 4 is 27.1 Å². The first-order valence-electron chi connectivity index (χ1n) is 10.2. The number of thiazole rings is 1. The Balaban J connectivity index is 1.39. The Labute approximate surface area is 180 Å². The largest absolute Gasteiger partial charge is 0.332 e. The second-order valence-corrected chi connectivity index (χ2v) is 11.3. The maximum absolute atomic E-state index is 13.4. The number of aromatic nitrogens is 2. The summed E-state index contributed by atoms with van der Waals surface area (Å²) in [6.07, 6.45) is 6.55. The molecule has 5 rings (SSSR count). The fourth-order valence-corrected chi connectivity index (χ4v) is 7.64. The van der Waals surface area contributed by atoms with Crippen LogP contribution < -0.4 is 0 Å². The summed E-state index contributed by atoms with van der Waals surface area (Å²) in [6, 6.07) is 12.5. The molecule has 4 heterocycles. The number of fused-ring (bicyclic) bond motifs is 2. The lowest BCUT2D eigenvalue weighted by molar-refractivity contribution is 0.0602. The first-order valence-corrected chi connectivity index (χ1v) is 12.5. The number of hydrogen-bond donors (Lipinski definition) is 0. The summed E-state index contributed by atoms with van der Waals surface area (Å²) in [7, 11) is -3.39. The van der Waals surface area contributed by atoms with Gasteiger partial charge in [-0.2, -0.15) is 0 Å². The third-order valence-corrected chi connectivity index (χ3v) is 9.59. The predicted molar refractivity (Wildman–Crippen MR) is 116 cm³/mol. The van der Waals surface area contributed by atoms with Gasteiger partial charge in [0.2, 0.25) is 0 Å². The van der Waals surface area contributed by atoms with Crippen molar-refractivity contribution in [2.45, 2.75) is 54.8 Å². The number of carbonyl (C=O) groups excluding carboxylic acids is 1. The maximum atomic E-state index is 13.4. The minimum Gasteiger partial charge on any atom is -0.332 e. The Kier molecular flexibility index (Phi) is 4.78. The molecule has 0 aliphatic carbocycles. The topological polar surface area (TPSA) is 72.3 Å². The monoisotopic (exact) mass is 441 g/mol. The zero-order valence-electron chi connectivity index (χ0n) is 16.6. The lowest BCUT2D eigenvalue weighted by atomic mass is 10.0. The summed E-state index contributed by atoms with van der Waals surface area (Å²) in [5.74, 6) is -0.00790. The molecule has 2 aliphatic heterocycles. The molecule has 156 valence electrons. The lowest BCUT2D eigenvalue weighted by Crippen LogP contribution is -2.49. The van der Waals surface area contributed by atoms with E-state index in [1.165, 1.54) is 11.3 Å². The molecular formula is C22H23N3O3S2. The van der Waals surface area contributed by atoms with Crippen LogP contribution in [-0.2, 0) is 9.84 Å². The summed E-state index contributed by atoms with van der Waals surface area (Å²) < 4.78 is 28.2. The van der Waals surface area contributed by atoms with E-state index in [1.807, 2.05) is 47.0 Å². The standard InChI is InChI=1S/C22H23N3O3S2/c1-15-20(29-22(23-15)24-11-5-6-12-24)21(26)25-16-9-10-17(25)14-19(13-16)30(27,28)18-7-3-2-4-8-18/h2-8,11-12,16-17,19H,9-10,13-14H2,1H3/t16-,17-/m1/s1. The summed E-state index contributed by atoms with van der Waals surface area (Å²) >= 11 is 1.40. The van der Waals surface area contributed by atoms with Gasteiger partial charge < -0.3 is 9.47 Å². The van der Waals surface area contributed by atoms with Crippen molar-refractivity contribution in [1.29, 1.82) is 0 Å². The van der Waals surface area contributed by atoms with E-state index in [-0.39, 0.29) is 18.0 Å². The zero-order valence-corrected chi connectivity index (χ0v) is 18.3. The molecule has 2 aliphatic rings. The first-order chi connectivity index (χ1) is 14.4. The van der Waals surface area contributed by atoms with Crippen LogP contribution in [0.3, 0.4) is 0 Å². The number of rotatable bonds is 4. The molecular weight excluding hydrogens is 418 g/mol. The van der Waals surface area contributed by atoms with Crippen molar-refractivity contribution in [2.75, 3.05) is 0 Å². The number of piperidine rings is 1. The van der Waals surface area contributed by atoms with Crippen LogP contribution in [0.25, 0.3) is 5.13 Å². The van der Waals surface area contributed by atoms with Gasteiger partial charge in [0.15, 0.2) is 15.0 Å². The number of carbonyl (C=O) groups is 1. The van der Waals surface area contributed by atoms with Crippen LogP contribution in [0.15, 0.2) is 59.8 Å². The van der Waals surface area contributed by atoms with Gasteiger partial charge in [-0.1, -0.05) is 29.5 Å². The Morgan fingerprint density at radius 2 is 1.67 bits per heavy atom. The number of nitrogens with zero attached hydrogens (tertiary/aromatic N) is 3. The number of hydrogen-bond acceptors (Lipinski definition) is 5. The van der Waals surface area contributed by atoms with Gasteiger partial charge in [0.25, 0.3) is 5.91 Å². The number of sulfone groups is 1. The summed E-state index contributed by atoms with van der Waals surface area (Å²) in [5, 5.41) is 0.342. The average molecular weight is 442 g/mol. The molecule has 8 heteroatoms. The van der Waals surface area contributed by atoms with E-state index in [2.05, 4.69) is 4.98 Å². The third kappa shape index (κ3) is 3.18. The molecule has 2 saturated heterocycles. The second kappa shape index (κ2) is 7.35. The predicted octanol–water partition coefficient (Wildman–Crippen LogP) is 3.85. The maximum Gasteiger partial charge on any atom is 0.266 e. The molecule has 2 fully saturated rings. The fraction of sp³-hybridized carbons (Fsp3) is 0.364. The van der Waals surface area contributed by atoms with Crippen molar-refractivity contribution in [3.05, 3.63) is 65.4 Å². The highest BCUT2D eigenvalue weighted by atomic mass is 32.2. The van der Waals surface area contributed by atoms with Crippen LogP contribution in [0.1, 0.15) is 41.0 Å². The number of amides is 1. The zero-order chi connectivity index (χ0) is 20.9. The molecule has 0 spiro atoms. The number of benzene rings is 1. The van der Waals surface area contributed by atoms with Gasteiger partial charge in [0.1, 0.15) is 4.88 Å². The summed E-state index contributed by atoms with van der Waals surface area (Å²) in [6.45, 7) is 1.87. The normalized spacial score (nSPS) is 23.6. The Morgan fingerprint density at radius 3 is 2.30 bits per heavy atom. The minimum atomic E-state index is -3.39. The van der Waals surface area contributed by atoms with Gasteiger partial charge in [-0.05, 0) is 56.9 Å². The molecule has 1 amide bonds. The van der Waals surface area contributed by atoms with Gasteiger partial charge in [0, 0.05) is 24.5 Å². The van der Waals surface area contributed by atoms with E-state index >= 15 is 0 Å². The van der Waals surface area contributed by atoms with Crippen molar-refractivity contribution < 1.29 is 13.2 Å². The van der Waals surface area contributed by atoms with Gasteiger partial charge >= 0.3 is 0 Å². The van der Waals surface area contributed by atoms with Crippen molar-refractivity contribution in [2.24, 2.45) is 0 Å². The van der Waals surface area contributed by atoms with Crippen LogP contribution in [0.4, 0.5) is 0 Å². The Bertz CT molecular complexity index is 1160. The van der Waals surface area contributed by atoms with E-state index in [1.54, 1.807) is 24.3 Å². The molecule has 6 nitrogen and oxygen atoms in total. The van der Waals surface area contributed by atoms with E-state index in [0.29, 0.717) is 22.6 Å². The molecule has 3 aromatic rings. The third-order valence-electron chi connectivity index (χ3n) is 6.24. The van der Waals surface area contributed by atoms with Crippen molar-refractivity contribution in [3.8, 4) is 5.13 Å². The van der Waals surface area contributed by atoms with E-state index in [9.17, 15) is 13.2 Å². The van der Waals surface area contributed by atoms with Gasteiger partial charge in [0.05, 0.1) is 15.8 Å². The molecule has 0 saturated carbocycles. The first kappa shape index (κ1) is 19.5. The molecule has 1 aromatic carbocycles. The van der Waals surface area contributed by atoms with E-state index in [0.717, 1.165) is 23.7 Å². The average Bonchev–Trinajstić information content (AvgIpc) is 3.46. The van der Waals surface area contributed by atoms with Gasteiger partial charge in [-0.15, -0.1) is 0 Å². The fourth-order valence-electron chi connectivity index (χ4n) is 4.79. The molecule has 2 bridgehead atoms. The smallest absolute Gasteiger partial charge is 0.266 e.